The Bertz CT molecular complexity index is 177. The van der Waals surface area contributed by atoms with Crippen molar-refractivity contribution in [1.82, 2.24) is 4.90 Å². The number of thioether (sulfide) groups is 1. The molecule has 0 amide bonds. The molecule has 1 aliphatic heterocycles. The van der Waals surface area contributed by atoms with Crippen molar-refractivity contribution in [2.75, 3.05) is 24.2 Å². The molecule has 1 nitrogen and oxygen atoms in total. The van der Waals surface area contributed by atoms with Crippen LogP contribution in [0.25, 0.3) is 0 Å². The summed E-state index contributed by atoms with van der Waals surface area (Å²) in [5.41, 5.74) is 0. The Morgan fingerprint density at radius 1 is 1.40 bits per heavy atom. The second kappa shape index (κ2) is 7.18. The van der Waals surface area contributed by atoms with Gasteiger partial charge in [0, 0.05) is 28.9 Å². The van der Waals surface area contributed by atoms with E-state index in [-0.39, 0.29) is 0 Å². The Kier molecular flexibility index (Phi) is 6.63. The third-order valence-corrected chi connectivity index (χ3v) is 5.32. The van der Waals surface area contributed by atoms with E-state index in [9.17, 15) is 0 Å². The Morgan fingerprint density at radius 2 is 2.13 bits per heavy atom. The zero-order chi connectivity index (χ0) is 11.3. The van der Waals surface area contributed by atoms with Gasteiger partial charge in [-0.1, -0.05) is 29.8 Å². The van der Waals surface area contributed by atoms with Gasteiger partial charge in [0.05, 0.1) is 0 Å². The maximum absolute atomic E-state index is 3.52. The Morgan fingerprint density at radius 3 is 2.80 bits per heavy atom. The quantitative estimate of drug-likeness (QED) is 0.712. The molecule has 1 rings (SSSR count). The smallest absolute Gasteiger partial charge is 0.0184 e. The normalized spacial score (nSPS) is 30.4. The highest BCUT2D eigenvalue weighted by molar-refractivity contribution is 9.09. The monoisotopic (exact) mass is 293 g/mol. The fourth-order valence-corrected chi connectivity index (χ4v) is 3.97. The van der Waals surface area contributed by atoms with E-state index in [2.05, 4.69) is 53.4 Å². The molecule has 0 aromatic carbocycles. The zero-order valence-corrected chi connectivity index (χ0v) is 12.6. The zero-order valence-electron chi connectivity index (χ0n) is 10.2. The highest BCUT2D eigenvalue weighted by Gasteiger charge is 2.24. The lowest BCUT2D eigenvalue weighted by Crippen LogP contribution is -2.45. The lowest BCUT2D eigenvalue weighted by Gasteiger charge is -2.38. The molecule has 15 heavy (non-hydrogen) atoms. The van der Waals surface area contributed by atoms with Crippen LogP contribution >= 0.6 is 27.7 Å². The van der Waals surface area contributed by atoms with Gasteiger partial charge in [-0.2, -0.15) is 11.8 Å². The van der Waals surface area contributed by atoms with Crippen LogP contribution in [0.4, 0.5) is 0 Å². The second-order valence-corrected chi connectivity index (χ2v) is 7.00. The standard InChI is InChI=1S/C12H24BrNS/c1-10(4-6-13)5-7-14-8-9-15-12(3)11(14)2/h10-12H,4-9H2,1-3H3. The highest BCUT2D eigenvalue weighted by atomic mass is 79.9. The number of nitrogens with zero attached hydrogens (tertiary/aromatic N) is 1. The Balaban J connectivity index is 2.25. The fourth-order valence-electron chi connectivity index (χ4n) is 2.03. The summed E-state index contributed by atoms with van der Waals surface area (Å²) in [5.74, 6) is 2.18. The number of rotatable bonds is 5. The van der Waals surface area contributed by atoms with Gasteiger partial charge in [-0.05, 0) is 32.2 Å². The Labute approximate surface area is 107 Å². The van der Waals surface area contributed by atoms with Crippen molar-refractivity contribution in [3.63, 3.8) is 0 Å². The summed E-state index contributed by atoms with van der Waals surface area (Å²) in [6.07, 6.45) is 2.67. The van der Waals surface area contributed by atoms with E-state index in [4.69, 9.17) is 0 Å². The first-order valence-corrected chi connectivity index (χ1v) is 8.23. The molecule has 0 radical (unpaired) electrons. The summed E-state index contributed by atoms with van der Waals surface area (Å²) in [6, 6.07) is 0.764. The van der Waals surface area contributed by atoms with Crippen LogP contribution in [0.2, 0.25) is 0 Å². The molecule has 0 aromatic heterocycles. The topological polar surface area (TPSA) is 3.24 Å². The molecule has 90 valence electrons. The van der Waals surface area contributed by atoms with Crippen molar-refractivity contribution in [3.8, 4) is 0 Å². The van der Waals surface area contributed by atoms with E-state index in [0.29, 0.717) is 0 Å². The maximum Gasteiger partial charge on any atom is 0.0184 e. The van der Waals surface area contributed by atoms with Gasteiger partial charge in [-0.25, -0.2) is 0 Å². The number of hydrogen-bond acceptors (Lipinski definition) is 2. The maximum atomic E-state index is 3.52. The predicted octanol–water partition coefficient (Wildman–Crippen LogP) is 3.62. The minimum atomic E-state index is 0.764. The highest BCUT2D eigenvalue weighted by Crippen LogP contribution is 2.24. The molecular formula is C12H24BrNS. The van der Waals surface area contributed by atoms with Crippen LogP contribution in [0.15, 0.2) is 0 Å². The molecule has 0 bridgehead atoms. The summed E-state index contributed by atoms with van der Waals surface area (Å²) in [4.78, 5) is 2.67. The molecule has 1 fully saturated rings. The summed E-state index contributed by atoms with van der Waals surface area (Å²) in [7, 11) is 0. The lowest BCUT2D eigenvalue weighted by atomic mass is 10.0. The van der Waals surface area contributed by atoms with E-state index in [0.717, 1.165) is 22.5 Å². The minimum absolute atomic E-state index is 0.764. The number of alkyl halides is 1. The molecule has 3 heteroatoms. The molecule has 0 spiro atoms. The van der Waals surface area contributed by atoms with Crippen molar-refractivity contribution in [1.29, 1.82) is 0 Å². The number of hydrogen-bond donors (Lipinski definition) is 0. The largest absolute Gasteiger partial charge is 0.299 e. The molecule has 0 aliphatic carbocycles. The van der Waals surface area contributed by atoms with E-state index in [1.165, 1.54) is 31.7 Å². The van der Waals surface area contributed by atoms with Gasteiger partial charge in [0.2, 0.25) is 0 Å². The van der Waals surface area contributed by atoms with Crippen LogP contribution in [0.1, 0.15) is 33.6 Å². The third-order valence-electron chi connectivity index (χ3n) is 3.53. The van der Waals surface area contributed by atoms with Crippen LogP contribution in [0, 0.1) is 5.92 Å². The first-order chi connectivity index (χ1) is 7.15. The summed E-state index contributed by atoms with van der Waals surface area (Å²) >= 11 is 5.65. The summed E-state index contributed by atoms with van der Waals surface area (Å²) in [6.45, 7) is 9.70. The van der Waals surface area contributed by atoms with Gasteiger partial charge < -0.3 is 0 Å². The molecule has 3 atom stereocenters. The van der Waals surface area contributed by atoms with Crippen molar-refractivity contribution >= 4 is 27.7 Å². The van der Waals surface area contributed by atoms with Gasteiger partial charge in [0.15, 0.2) is 0 Å². The van der Waals surface area contributed by atoms with Gasteiger partial charge in [0.1, 0.15) is 0 Å². The van der Waals surface area contributed by atoms with Gasteiger partial charge >= 0.3 is 0 Å². The van der Waals surface area contributed by atoms with Crippen molar-refractivity contribution in [2.45, 2.75) is 44.9 Å². The van der Waals surface area contributed by atoms with Crippen LogP contribution in [0.3, 0.4) is 0 Å². The molecule has 1 saturated heterocycles. The molecule has 0 saturated carbocycles. The predicted molar refractivity (Wildman–Crippen MR) is 75.1 cm³/mol. The van der Waals surface area contributed by atoms with Gasteiger partial charge in [-0.15, -0.1) is 0 Å². The van der Waals surface area contributed by atoms with Gasteiger partial charge in [0.25, 0.3) is 0 Å². The molecule has 0 aromatic rings. The van der Waals surface area contributed by atoms with E-state index >= 15 is 0 Å². The number of halogens is 1. The van der Waals surface area contributed by atoms with Crippen LogP contribution in [-0.4, -0.2) is 40.4 Å². The summed E-state index contributed by atoms with van der Waals surface area (Å²) < 4.78 is 0. The van der Waals surface area contributed by atoms with E-state index in [1.807, 2.05) is 0 Å². The third kappa shape index (κ3) is 4.66. The first kappa shape index (κ1) is 13.9. The molecular weight excluding hydrogens is 270 g/mol. The Hall–Kier alpha value is 0.790. The minimum Gasteiger partial charge on any atom is -0.299 e. The van der Waals surface area contributed by atoms with Gasteiger partial charge in [-0.3, -0.25) is 4.90 Å². The first-order valence-electron chi connectivity index (χ1n) is 6.06. The SMILES string of the molecule is CC(CCBr)CCN1CCSC(C)C1C. The molecule has 0 N–H and O–H groups in total. The summed E-state index contributed by atoms with van der Waals surface area (Å²) in [5, 5.41) is 1.96. The van der Waals surface area contributed by atoms with Crippen molar-refractivity contribution < 1.29 is 0 Å². The van der Waals surface area contributed by atoms with Crippen LogP contribution < -0.4 is 0 Å². The molecule has 3 unspecified atom stereocenters. The fraction of sp³-hybridized carbons (Fsp3) is 1.00. The van der Waals surface area contributed by atoms with Crippen LogP contribution in [-0.2, 0) is 0 Å². The average Bonchev–Trinajstić information content (AvgIpc) is 2.21. The molecule has 1 heterocycles. The van der Waals surface area contributed by atoms with Crippen molar-refractivity contribution in [2.24, 2.45) is 5.92 Å². The molecule has 1 aliphatic rings. The van der Waals surface area contributed by atoms with E-state index in [1.54, 1.807) is 0 Å². The lowest BCUT2D eigenvalue weighted by molar-refractivity contribution is 0.199. The van der Waals surface area contributed by atoms with Crippen LogP contribution in [0.5, 0.6) is 0 Å². The van der Waals surface area contributed by atoms with Crippen molar-refractivity contribution in [3.05, 3.63) is 0 Å². The van der Waals surface area contributed by atoms with E-state index < -0.39 is 0 Å². The average molecular weight is 294 g/mol. The second-order valence-electron chi connectivity index (χ2n) is 4.72.